The fourth-order valence-electron chi connectivity index (χ4n) is 2.73. The number of sulfonamides is 1. The van der Waals surface area contributed by atoms with Crippen LogP contribution in [0.3, 0.4) is 0 Å². The first-order valence-corrected chi connectivity index (χ1v) is 8.13. The van der Waals surface area contributed by atoms with E-state index in [0.717, 1.165) is 13.0 Å². The molecule has 1 fully saturated rings. The third kappa shape index (κ3) is 2.92. The van der Waals surface area contributed by atoms with Crippen molar-refractivity contribution in [2.75, 3.05) is 20.1 Å². The van der Waals surface area contributed by atoms with E-state index >= 15 is 0 Å². The maximum Gasteiger partial charge on any atom is 0.270 e. The molecule has 8 heteroatoms. The molecule has 1 heterocycles. The molecule has 0 amide bonds. The second-order valence-electron chi connectivity index (χ2n) is 5.33. The molecule has 7 nitrogen and oxygen atoms in total. The van der Waals surface area contributed by atoms with E-state index in [0.29, 0.717) is 17.7 Å². The maximum absolute atomic E-state index is 12.8. The van der Waals surface area contributed by atoms with Gasteiger partial charge in [0, 0.05) is 31.8 Å². The molecule has 0 radical (unpaired) electrons. The summed E-state index contributed by atoms with van der Waals surface area (Å²) in [5.41, 5.74) is 0.716. The predicted molar refractivity (Wildman–Crippen MR) is 78.8 cm³/mol. The summed E-state index contributed by atoms with van der Waals surface area (Å²) in [5.74, 6) is 0. The van der Waals surface area contributed by atoms with Gasteiger partial charge < -0.3 is 5.32 Å². The molecule has 1 N–H and O–H groups in total. The third-order valence-electron chi connectivity index (χ3n) is 3.84. The Labute approximate surface area is 124 Å². The van der Waals surface area contributed by atoms with E-state index in [2.05, 4.69) is 5.32 Å². The van der Waals surface area contributed by atoms with Gasteiger partial charge in [-0.2, -0.15) is 4.31 Å². The predicted octanol–water partition coefficient (Wildman–Crippen LogP) is 1.19. The van der Waals surface area contributed by atoms with Gasteiger partial charge in [-0.05, 0) is 37.9 Å². The number of rotatable bonds is 4. The van der Waals surface area contributed by atoms with Crippen LogP contribution in [0.4, 0.5) is 5.69 Å². The smallest absolute Gasteiger partial charge is 0.270 e. The van der Waals surface area contributed by atoms with Gasteiger partial charge in [0.2, 0.25) is 10.0 Å². The first-order chi connectivity index (χ1) is 9.75. The molecular weight excluding hydrogens is 294 g/mol. The Hall–Kier alpha value is -1.51. The molecule has 0 saturated carbocycles. The highest BCUT2D eigenvalue weighted by Crippen LogP contribution is 2.29. The summed E-state index contributed by atoms with van der Waals surface area (Å²) >= 11 is 0. The van der Waals surface area contributed by atoms with Crippen molar-refractivity contribution in [3.8, 4) is 0 Å². The molecule has 0 aromatic heterocycles. The van der Waals surface area contributed by atoms with Crippen LogP contribution in [0.25, 0.3) is 0 Å². The van der Waals surface area contributed by atoms with Crippen LogP contribution in [-0.4, -0.2) is 43.8 Å². The topological polar surface area (TPSA) is 92.5 Å². The Morgan fingerprint density at radius 1 is 1.33 bits per heavy atom. The van der Waals surface area contributed by atoms with Crippen molar-refractivity contribution in [3.63, 3.8) is 0 Å². The molecule has 1 aromatic carbocycles. The summed E-state index contributed by atoms with van der Waals surface area (Å²) in [6, 6.07) is 2.53. The number of aryl methyl sites for hydroxylation is 2. The van der Waals surface area contributed by atoms with E-state index < -0.39 is 14.9 Å². The van der Waals surface area contributed by atoms with E-state index in [9.17, 15) is 18.5 Å². The van der Waals surface area contributed by atoms with Gasteiger partial charge in [-0.1, -0.05) is 0 Å². The van der Waals surface area contributed by atoms with Gasteiger partial charge in [-0.3, -0.25) is 10.1 Å². The van der Waals surface area contributed by atoms with Crippen molar-refractivity contribution in [2.45, 2.75) is 31.2 Å². The van der Waals surface area contributed by atoms with Gasteiger partial charge in [0.25, 0.3) is 5.69 Å². The number of nitro benzene ring substituents is 1. The van der Waals surface area contributed by atoms with Crippen LogP contribution in [0.1, 0.15) is 17.5 Å². The van der Waals surface area contributed by atoms with Crippen LogP contribution in [0.5, 0.6) is 0 Å². The van der Waals surface area contributed by atoms with Crippen molar-refractivity contribution < 1.29 is 13.3 Å². The molecule has 0 bridgehead atoms. The minimum atomic E-state index is -3.66. The van der Waals surface area contributed by atoms with E-state index in [-0.39, 0.29) is 16.6 Å². The number of likely N-dealkylation sites (N-methyl/N-ethyl adjacent to an activating group) is 1. The second kappa shape index (κ2) is 5.70. The van der Waals surface area contributed by atoms with Gasteiger partial charge in [-0.15, -0.1) is 0 Å². The summed E-state index contributed by atoms with van der Waals surface area (Å²) in [7, 11) is -2.09. The lowest BCUT2D eigenvalue weighted by atomic mass is 10.1. The summed E-state index contributed by atoms with van der Waals surface area (Å²) in [6.07, 6.45) is 0.765. The Bertz CT molecular complexity index is 643. The first kappa shape index (κ1) is 15.9. The van der Waals surface area contributed by atoms with Crippen molar-refractivity contribution in [1.82, 2.24) is 9.62 Å². The Morgan fingerprint density at radius 3 is 2.33 bits per heavy atom. The van der Waals surface area contributed by atoms with Crippen molar-refractivity contribution in [3.05, 3.63) is 33.4 Å². The van der Waals surface area contributed by atoms with Gasteiger partial charge in [0.1, 0.15) is 0 Å². The average Bonchev–Trinajstić information content (AvgIpc) is 2.90. The fourth-order valence-corrected chi connectivity index (χ4v) is 4.52. The largest absolute Gasteiger partial charge is 0.315 e. The summed E-state index contributed by atoms with van der Waals surface area (Å²) in [5, 5.41) is 14.0. The highest BCUT2D eigenvalue weighted by molar-refractivity contribution is 7.89. The van der Waals surface area contributed by atoms with Gasteiger partial charge >= 0.3 is 0 Å². The summed E-state index contributed by atoms with van der Waals surface area (Å²) in [6.45, 7) is 4.60. The van der Waals surface area contributed by atoms with E-state index in [1.165, 1.54) is 16.4 Å². The van der Waals surface area contributed by atoms with E-state index in [4.69, 9.17) is 0 Å². The SMILES string of the molecule is Cc1cc([N+](=O)[O-])cc(C)c1S(=O)(=O)N(C)C1CCNC1. The molecule has 1 aliphatic rings. The van der Waals surface area contributed by atoms with Crippen LogP contribution >= 0.6 is 0 Å². The molecular formula is C13H19N3O4S. The quantitative estimate of drug-likeness (QED) is 0.666. The molecule has 21 heavy (non-hydrogen) atoms. The maximum atomic E-state index is 12.8. The Morgan fingerprint density at radius 2 is 1.90 bits per heavy atom. The zero-order valence-electron chi connectivity index (χ0n) is 12.3. The van der Waals surface area contributed by atoms with Crippen molar-refractivity contribution in [1.29, 1.82) is 0 Å². The monoisotopic (exact) mass is 313 g/mol. The molecule has 1 aliphatic heterocycles. The van der Waals surface area contributed by atoms with Crippen LogP contribution in [0, 0.1) is 24.0 Å². The molecule has 1 atom stereocenters. The number of benzene rings is 1. The van der Waals surface area contributed by atoms with Crippen LogP contribution in [-0.2, 0) is 10.0 Å². The zero-order chi connectivity index (χ0) is 15.8. The molecule has 1 aromatic rings. The normalized spacial score (nSPS) is 19.1. The van der Waals surface area contributed by atoms with Crippen LogP contribution < -0.4 is 5.32 Å². The van der Waals surface area contributed by atoms with Crippen molar-refractivity contribution in [2.24, 2.45) is 0 Å². The number of non-ortho nitro benzene ring substituents is 1. The minimum Gasteiger partial charge on any atom is -0.315 e. The number of nitrogens with zero attached hydrogens (tertiary/aromatic N) is 2. The fraction of sp³-hybridized carbons (Fsp3) is 0.538. The Balaban J connectivity index is 2.47. The molecule has 1 unspecified atom stereocenters. The molecule has 0 aliphatic carbocycles. The lowest BCUT2D eigenvalue weighted by Crippen LogP contribution is -2.38. The number of hydrogen-bond acceptors (Lipinski definition) is 5. The molecule has 116 valence electrons. The van der Waals surface area contributed by atoms with Gasteiger partial charge in [0.05, 0.1) is 9.82 Å². The minimum absolute atomic E-state index is 0.0796. The second-order valence-corrected chi connectivity index (χ2v) is 7.27. The lowest BCUT2D eigenvalue weighted by molar-refractivity contribution is -0.385. The van der Waals surface area contributed by atoms with Crippen molar-refractivity contribution >= 4 is 15.7 Å². The number of nitrogens with one attached hydrogen (secondary N) is 1. The molecule has 1 saturated heterocycles. The number of hydrogen-bond donors (Lipinski definition) is 1. The highest BCUT2D eigenvalue weighted by atomic mass is 32.2. The highest BCUT2D eigenvalue weighted by Gasteiger charge is 2.32. The average molecular weight is 313 g/mol. The Kier molecular flexibility index (Phi) is 4.31. The summed E-state index contributed by atoms with van der Waals surface area (Å²) < 4.78 is 26.9. The number of nitro groups is 1. The summed E-state index contributed by atoms with van der Waals surface area (Å²) in [4.78, 5) is 10.5. The third-order valence-corrected chi connectivity index (χ3v) is 6.06. The van der Waals surface area contributed by atoms with Gasteiger partial charge in [0.15, 0.2) is 0 Å². The van der Waals surface area contributed by atoms with Crippen LogP contribution in [0.15, 0.2) is 17.0 Å². The zero-order valence-corrected chi connectivity index (χ0v) is 13.1. The molecule has 2 rings (SSSR count). The van der Waals surface area contributed by atoms with E-state index in [1.54, 1.807) is 20.9 Å². The molecule has 0 spiro atoms. The van der Waals surface area contributed by atoms with Gasteiger partial charge in [-0.25, -0.2) is 8.42 Å². The van der Waals surface area contributed by atoms with E-state index in [1.807, 2.05) is 0 Å². The van der Waals surface area contributed by atoms with Crippen LogP contribution in [0.2, 0.25) is 0 Å². The first-order valence-electron chi connectivity index (χ1n) is 6.69. The lowest BCUT2D eigenvalue weighted by Gasteiger charge is -2.24. The standard InChI is InChI=1S/C13H19N3O4S/c1-9-6-12(16(17)18)7-10(2)13(9)21(19,20)15(3)11-4-5-14-8-11/h6-7,11,14H,4-5,8H2,1-3H3.